The molecule has 0 atom stereocenters. The molecule has 0 spiro atoms. The second-order valence-corrected chi connectivity index (χ2v) is 4.46. The first kappa shape index (κ1) is 10.5. The van der Waals surface area contributed by atoms with Crippen LogP contribution in [0.2, 0.25) is 0 Å². The van der Waals surface area contributed by atoms with Gasteiger partial charge in [-0.05, 0) is 19.1 Å². The summed E-state index contributed by atoms with van der Waals surface area (Å²) in [5, 5.41) is 5.65. The predicted octanol–water partition coefficient (Wildman–Crippen LogP) is 1.97. The third-order valence-electron chi connectivity index (χ3n) is 3.22. The van der Waals surface area contributed by atoms with Crippen molar-refractivity contribution in [3.8, 4) is 0 Å². The summed E-state index contributed by atoms with van der Waals surface area (Å²) in [5.41, 5.74) is 3.48. The van der Waals surface area contributed by atoms with Crippen LogP contribution >= 0.6 is 0 Å². The smallest absolute Gasteiger partial charge is 0.0726 e. The van der Waals surface area contributed by atoms with Crippen LogP contribution < -0.4 is 10.2 Å². The van der Waals surface area contributed by atoms with Crippen molar-refractivity contribution in [1.82, 2.24) is 10.3 Å². The van der Waals surface area contributed by atoms with Gasteiger partial charge in [0.15, 0.2) is 0 Å². The number of para-hydroxylation sites is 1. The number of piperazine rings is 1. The molecule has 17 heavy (non-hydrogen) atoms. The molecule has 3 rings (SSSR count). The first-order chi connectivity index (χ1) is 8.34. The molecule has 1 aliphatic rings. The third kappa shape index (κ3) is 1.98. The molecule has 1 radical (unpaired) electrons. The average molecular weight is 226 g/mol. The van der Waals surface area contributed by atoms with Crippen molar-refractivity contribution in [3.05, 3.63) is 36.0 Å². The van der Waals surface area contributed by atoms with Gasteiger partial charge in [0.25, 0.3) is 0 Å². The van der Waals surface area contributed by atoms with Crippen molar-refractivity contribution in [2.45, 2.75) is 6.92 Å². The van der Waals surface area contributed by atoms with Gasteiger partial charge in [-0.1, -0.05) is 18.2 Å². The number of benzene rings is 1. The minimum atomic E-state index is 0.940. The van der Waals surface area contributed by atoms with Crippen molar-refractivity contribution in [1.29, 1.82) is 0 Å². The summed E-state index contributed by atoms with van der Waals surface area (Å²) >= 11 is 0. The number of hydrogen-bond acceptors (Lipinski definition) is 2. The fraction of sp³-hybridized carbons (Fsp3) is 0.357. The molecule has 0 amide bonds. The van der Waals surface area contributed by atoms with Crippen molar-refractivity contribution in [2.24, 2.45) is 0 Å². The van der Waals surface area contributed by atoms with Crippen LogP contribution in [-0.2, 0) is 0 Å². The van der Waals surface area contributed by atoms with Crippen molar-refractivity contribution in [3.63, 3.8) is 0 Å². The Labute approximate surface area is 101 Å². The Morgan fingerprint density at radius 1 is 1.12 bits per heavy atom. The summed E-state index contributed by atoms with van der Waals surface area (Å²) in [4.78, 5) is 7.00. The third-order valence-corrected chi connectivity index (χ3v) is 3.22. The Hall–Kier alpha value is -1.61. The molecular weight excluding hydrogens is 210 g/mol. The molecule has 1 fully saturated rings. The van der Waals surface area contributed by atoms with E-state index in [0.29, 0.717) is 0 Å². The van der Waals surface area contributed by atoms with Gasteiger partial charge in [-0.15, -0.1) is 0 Å². The van der Waals surface area contributed by atoms with Gasteiger partial charge in [-0.25, -0.2) is 5.32 Å². The van der Waals surface area contributed by atoms with Crippen LogP contribution in [-0.4, -0.2) is 31.2 Å². The van der Waals surface area contributed by atoms with Crippen molar-refractivity contribution in [2.75, 3.05) is 31.1 Å². The van der Waals surface area contributed by atoms with Crippen LogP contribution in [0.15, 0.2) is 30.3 Å². The summed E-state index contributed by atoms with van der Waals surface area (Å²) in [6.07, 6.45) is 0. The van der Waals surface area contributed by atoms with Gasteiger partial charge < -0.3 is 4.90 Å². The Bertz CT molecular complexity index is 530. The second kappa shape index (κ2) is 4.34. The van der Waals surface area contributed by atoms with E-state index in [9.17, 15) is 0 Å². The van der Waals surface area contributed by atoms with E-state index < -0.39 is 0 Å². The predicted molar refractivity (Wildman–Crippen MR) is 70.6 cm³/mol. The number of aromatic nitrogens is 1. The summed E-state index contributed by atoms with van der Waals surface area (Å²) in [5.74, 6) is 0. The number of nitrogens with zero attached hydrogens (tertiary/aromatic N) is 3. The number of fused-ring (bicyclic) bond motifs is 1. The highest BCUT2D eigenvalue weighted by atomic mass is 15.2. The Morgan fingerprint density at radius 3 is 2.71 bits per heavy atom. The highest BCUT2D eigenvalue weighted by Gasteiger charge is 2.14. The fourth-order valence-corrected chi connectivity index (χ4v) is 2.39. The molecule has 0 N–H and O–H groups in total. The van der Waals surface area contributed by atoms with E-state index in [1.807, 2.05) is 6.07 Å². The second-order valence-electron chi connectivity index (χ2n) is 4.46. The molecule has 3 heteroatoms. The van der Waals surface area contributed by atoms with Crippen LogP contribution in [0.25, 0.3) is 10.9 Å². The SMILES string of the molecule is Cc1cc(N2CC[N]CC2)c2ccccc2n1. The lowest BCUT2D eigenvalue weighted by molar-refractivity contribution is 0.580. The molecule has 0 unspecified atom stereocenters. The molecule has 1 aromatic heterocycles. The highest BCUT2D eigenvalue weighted by Crippen LogP contribution is 2.26. The standard InChI is InChI=1S/C14H16N3/c1-11-10-14(17-8-6-15-7-9-17)12-4-2-3-5-13(12)16-11/h2-5,10H,6-9H2,1H3. The molecule has 2 heterocycles. The Morgan fingerprint density at radius 2 is 1.88 bits per heavy atom. The van der Waals surface area contributed by atoms with Gasteiger partial charge >= 0.3 is 0 Å². The van der Waals surface area contributed by atoms with Crippen LogP contribution in [0, 0.1) is 6.92 Å². The minimum Gasteiger partial charge on any atom is -0.368 e. The van der Waals surface area contributed by atoms with Crippen molar-refractivity contribution >= 4 is 16.6 Å². The molecule has 1 aromatic carbocycles. The van der Waals surface area contributed by atoms with E-state index in [-0.39, 0.29) is 0 Å². The van der Waals surface area contributed by atoms with Crippen LogP contribution in [0.5, 0.6) is 0 Å². The van der Waals surface area contributed by atoms with E-state index in [1.165, 1.54) is 11.1 Å². The Balaban J connectivity index is 2.13. The molecule has 1 aliphatic heterocycles. The maximum Gasteiger partial charge on any atom is 0.0726 e. The van der Waals surface area contributed by atoms with E-state index >= 15 is 0 Å². The number of aryl methyl sites for hydroxylation is 1. The maximum absolute atomic E-state index is 4.58. The summed E-state index contributed by atoms with van der Waals surface area (Å²) in [6, 6.07) is 10.6. The molecule has 0 aliphatic carbocycles. The molecule has 2 aromatic rings. The number of pyridine rings is 1. The molecule has 3 nitrogen and oxygen atoms in total. The van der Waals surface area contributed by atoms with E-state index in [0.717, 1.165) is 37.4 Å². The fourth-order valence-electron chi connectivity index (χ4n) is 2.39. The Kier molecular flexibility index (Phi) is 2.69. The number of anilines is 1. The zero-order valence-electron chi connectivity index (χ0n) is 10.1. The van der Waals surface area contributed by atoms with Gasteiger partial charge in [0.05, 0.1) is 5.52 Å². The zero-order chi connectivity index (χ0) is 11.7. The number of hydrogen-bond donors (Lipinski definition) is 0. The van der Waals surface area contributed by atoms with Gasteiger partial charge in [-0.3, -0.25) is 4.98 Å². The van der Waals surface area contributed by atoms with Gasteiger partial charge in [0.2, 0.25) is 0 Å². The van der Waals surface area contributed by atoms with Crippen LogP contribution in [0.4, 0.5) is 5.69 Å². The lowest BCUT2D eigenvalue weighted by atomic mass is 10.1. The molecule has 1 saturated heterocycles. The number of rotatable bonds is 1. The van der Waals surface area contributed by atoms with Gasteiger partial charge in [-0.2, -0.15) is 0 Å². The van der Waals surface area contributed by atoms with Crippen LogP contribution in [0.3, 0.4) is 0 Å². The summed E-state index contributed by atoms with van der Waals surface area (Å²) in [7, 11) is 0. The van der Waals surface area contributed by atoms with Crippen molar-refractivity contribution < 1.29 is 0 Å². The highest BCUT2D eigenvalue weighted by molar-refractivity contribution is 5.92. The molecule has 0 saturated carbocycles. The van der Waals surface area contributed by atoms with Crippen LogP contribution in [0.1, 0.15) is 5.69 Å². The topological polar surface area (TPSA) is 30.2 Å². The molecular formula is C14H16N3. The quantitative estimate of drug-likeness (QED) is 0.744. The largest absolute Gasteiger partial charge is 0.368 e. The minimum absolute atomic E-state index is 0.940. The molecule has 0 bridgehead atoms. The summed E-state index contributed by atoms with van der Waals surface area (Å²) in [6.45, 7) is 5.98. The normalized spacial score (nSPS) is 16.4. The lowest BCUT2D eigenvalue weighted by Crippen LogP contribution is -2.40. The lowest BCUT2D eigenvalue weighted by Gasteiger charge is -2.29. The zero-order valence-corrected chi connectivity index (χ0v) is 10.1. The summed E-state index contributed by atoms with van der Waals surface area (Å²) < 4.78 is 0. The van der Waals surface area contributed by atoms with E-state index in [1.54, 1.807) is 0 Å². The first-order valence-corrected chi connectivity index (χ1v) is 6.09. The molecule has 87 valence electrons. The maximum atomic E-state index is 4.58. The van der Waals surface area contributed by atoms with E-state index in [2.05, 4.69) is 46.4 Å². The van der Waals surface area contributed by atoms with Gasteiger partial charge in [0.1, 0.15) is 0 Å². The monoisotopic (exact) mass is 226 g/mol. The van der Waals surface area contributed by atoms with E-state index in [4.69, 9.17) is 0 Å². The first-order valence-electron chi connectivity index (χ1n) is 6.09. The van der Waals surface area contributed by atoms with Gasteiger partial charge in [0, 0.05) is 42.9 Å². The average Bonchev–Trinajstić information content (AvgIpc) is 2.39.